The van der Waals surface area contributed by atoms with Gasteiger partial charge >= 0.3 is 0 Å². The number of hydrogen-bond acceptors (Lipinski definition) is 10. The highest BCUT2D eigenvalue weighted by molar-refractivity contribution is 6.03. The number of benzene rings is 5. The molecule has 15 rings (SSSR count). The summed E-state index contributed by atoms with van der Waals surface area (Å²) >= 11 is 0. The molecule has 86 heavy (non-hydrogen) atoms. The number of phenols is 5. The average Bonchev–Trinajstić information content (AvgIpc) is 1.18. The fraction of sp³-hybridized carbons (Fsp3) is 0.446. The lowest BCUT2D eigenvalue weighted by Gasteiger charge is -2.75. The van der Waals surface area contributed by atoms with E-state index in [1.54, 1.807) is 18.2 Å². The lowest BCUT2D eigenvalue weighted by atomic mass is 9.31. The number of aromatic nitrogens is 3. The normalized spacial score (nSPS) is 33.3. The van der Waals surface area contributed by atoms with Crippen molar-refractivity contribution in [2.45, 2.75) is 151 Å². The lowest BCUT2D eigenvalue weighted by molar-refractivity contribution is -0.217. The van der Waals surface area contributed by atoms with E-state index in [0.717, 1.165) is 57.2 Å². The van der Waals surface area contributed by atoms with Crippen LogP contribution in [0.2, 0.25) is 0 Å². The zero-order chi connectivity index (χ0) is 58.5. The molecule has 12 nitrogen and oxygen atoms in total. The Balaban J connectivity index is 0.824. The van der Waals surface area contributed by atoms with E-state index >= 15 is 0 Å². The lowest BCUT2D eigenvalue weighted by Crippen LogP contribution is -2.78. The van der Waals surface area contributed by atoms with Crippen molar-refractivity contribution in [1.29, 1.82) is 0 Å². The van der Waals surface area contributed by atoms with Gasteiger partial charge in [-0.1, -0.05) is 123 Å². The molecule has 3 aliphatic heterocycles. The second kappa shape index (κ2) is 21.6. The van der Waals surface area contributed by atoms with E-state index in [2.05, 4.69) is 119 Å². The summed E-state index contributed by atoms with van der Waals surface area (Å²) in [6, 6.07) is 30.7. The van der Waals surface area contributed by atoms with Crippen LogP contribution in [-0.4, -0.2) is 82.9 Å². The van der Waals surface area contributed by atoms with Crippen LogP contribution in [0, 0.1) is 39.9 Å². The predicted molar refractivity (Wildman–Crippen MR) is 338 cm³/mol. The summed E-state index contributed by atoms with van der Waals surface area (Å²) < 4.78 is 0. The maximum atomic E-state index is 13.2. The topological polar surface area (TPSA) is 202 Å². The van der Waals surface area contributed by atoms with Crippen molar-refractivity contribution in [1.82, 2.24) is 30.9 Å². The van der Waals surface area contributed by atoms with Gasteiger partial charge in [-0.05, 0) is 199 Å². The van der Waals surface area contributed by atoms with Crippen molar-refractivity contribution in [3.8, 4) is 28.7 Å². The highest BCUT2D eigenvalue weighted by Gasteiger charge is 2.78. The fourth-order valence-electron chi connectivity index (χ4n) is 20.6. The molecule has 5 aliphatic carbocycles. The minimum atomic E-state index is -0.566. The number of rotatable bonds is 14. The first kappa shape index (κ1) is 55.5. The van der Waals surface area contributed by atoms with E-state index in [4.69, 9.17) is 10.3 Å². The summed E-state index contributed by atoms with van der Waals surface area (Å²) in [5, 5.41) is 81.6. The minimum absolute atomic E-state index is 0.00131. The molecule has 2 aromatic heterocycles. The number of aliphatic hydroxyl groups excluding tert-OH is 1. The zero-order valence-electron chi connectivity index (χ0n) is 49.5. The first-order valence-electron chi connectivity index (χ1n) is 32.4. The van der Waals surface area contributed by atoms with Crippen molar-refractivity contribution in [3.63, 3.8) is 0 Å². The summed E-state index contributed by atoms with van der Waals surface area (Å²) in [6.45, 7) is 3.98. The molecule has 14 unspecified atom stereocenters. The fourth-order valence-corrected chi connectivity index (χ4v) is 20.6. The van der Waals surface area contributed by atoms with Crippen molar-refractivity contribution >= 4 is 22.9 Å². The Morgan fingerprint density at radius 3 is 2.40 bits per heavy atom. The van der Waals surface area contributed by atoms with Gasteiger partial charge in [-0.3, -0.25) is 0 Å². The van der Waals surface area contributed by atoms with Crippen molar-refractivity contribution in [2.24, 2.45) is 39.9 Å². The SMILES string of the molecule is CCc1c[nH]cc1CCNCC1=CC(c2ccccc2)C2CC3(CC1N2)CC(c1ccc(CCc2c(O)c(O)c4c(O)cccc4c2C=Cc2ccc(O)c(O)c2)cc1)NC1C3CC2CCCC23CCC24CCCC2C=CC(O)C4C13c1cnc[nH]1. The van der Waals surface area contributed by atoms with Gasteiger partial charge in [0.05, 0.1) is 17.8 Å². The summed E-state index contributed by atoms with van der Waals surface area (Å²) in [5.74, 6) is 0.359. The number of nitrogens with one attached hydrogen (secondary N) is 5. The molecule has 12 heteroatoms. The van der Waals surface area contributed by atoms with Crippen LogP contribution < -0.4 is 16.0 Å². The molecule has 5 aromatic carbocycles. The van der Waals surface area contributed by atoms with Crippen LogP contribution in [0.5, 0.6) is 28.7 Å². The number of allylic oxidation sites excluding steroid dienone is 1. The van der Waals surface area contributed by atoms with Crippen molar-refractivity contribution < 1.29 is 30.6 Å². The Morgan fingerprint density at radius 1 is 0.733 bits per heavy atom. The molecule has 6 fully saturated rings. The number of nitrogens with zero attached hydrogens (tertiary/aromatic N) is 1. The molecule has 2 saturated heterocycles. The monoisotopic (exact) mass is 1150 g/mol. The molecule has 3 spiro atoms. The molecule has 0 radical (unpaired) electrons. The van der Waals surface area contributed by atoms with E-state index in [1.807, 2.05) is 18.5 Å². The third kappa shape index (κ3) is 8.68. The number of hydrogen-bond donors (Lipinski definition) is 11. The highest BCUT2D eigenvalue weighted by atomic mass is 16.3. The van der Waals surface area contributed by atoms with Gasteiger partial charge in [-0.2, -0.15) is 0 Å². The number of aromatic hydroxyl groups is 5. The van der Waals surface area contributed by atoms with Crippen LogP contribution >= 0.6 is 0 Å². The third-order valence-electron chi connectivity index (χ3n) is 24.1. The van der Waals surface area contributed by atoms with Crippen LogP contribution in [0.3, 0.4) is 0 Å². The van der Waals surface area contributed by atoms with Gasteiger partial charge in [-0.15, -0.1) is 0 Å². The van der Waals surface area contributed by atoms with E-state index in [9.17, 15) is 30.6 Å². The largest absolute Gasteiger partial charge is 0.507 e. The van der Waals surface area contributed by atoms with Crippen LogP contribution in [0.25, 0.3) is 22.9 Å². The molecule has 14 atom stereocenters. The molecule has 8 aliphatic rings. The number of piperidine rings is 2. The Hall–Kier alpha value is -7.09. The summed E-state index contributed by atoms with van der Waals surface area (Å²) in [7, 11) is 0. The van der Waals surface area contributed by atoms with Gasteiger partial charge < -0.3 is 56.6 Å². The maximum Gasteiger partial charge on any atom is 0.169 e. The van der Waals surface area contributed by atoms with Gasteiger partial charge in [0, 0.05) is 77.8 Å². The molecule has 7 aromatic rings. The average molecular weight is 1150 g/mol. The number of aromatic amines is 2. The second-order valence-corrected chi connectivity index (χ2v) is 27.6. The van der Waals surface area contributed by atoms with Crippen LogP contribution in [-0.2, 0) is 31.1 Å². The Kier molecular flexibility index (Phi) is 14.0. The van der Waals surface area contributed by atoms with Gasteiger partial charge in [0.2, 0.25) is 0 Å². The minimum Gasteiger partial charge on any atom is -0.507 e. The smallest absolute Gasteiger partial charge is 0.169 e. The number of aliphatic hydroxyl groups is 1. The van der Waals surface area contributed by atoms with E-state index in [-0.39, 0.29) is 86.4 Å². The molecule has 0 amide bonds. The van der Waals surface area contributed by atoms with Gasteiger partial charge in [0.25, 0.3) is 0 Å². The Bertz CT molecular complexity index is 3760. The first-order valence-corrected chi connectivity index (χ1v) is 32.4. The number of H-pyrrole nitrogens is 2. The van der Waals surface area contributed by atoms with Crippen LogP contribution in [0.15, 0.2) is 140 Å². The third-order valence-corrected chi connectivity index (χ3v) is 24.1. The Morgan fingerprint density at radius 2 is 1.57 bits per heavy atom. The molecular weight excluding hydrogens is 1070 g/mol. The van der Waals surface area contributed by atoms with E-state index in [1.165, 1.54) is 103 Å². The van der Waals surface area contributed by atoms with Crippen molar-refractivity contribution in [2.75, 3.05) is 13.1 Å². The zero-order valence-corrected chi connectivity index (χ0v) is 49.5. The van der Waals surface area contributed by atoms with Gasteiger partial charge in [0.1, 0.15) is 5.75 Å². The van der Waals surface area contributed by atoms with Crippen LogP contribution in [0.4, 0.5) is 0 Å². The second-order valence-electron chi connectivity index (χ2n) is 27.6. The standard InChI is InChI=1S/C74H84N6O6/c1-2-46-39-76-40-49(46)27-32-75-41-50-34-56(47-9-4-3-5-10-47)60-38-71(37-59(50)79-60)36-58(80-70-57(71)35-52-12-8-29-73(52)31-30-72-28-7-11-51(72)22-26-63(83)69(72)74(70,73)65-42-77-43-78-65)48-20-15-44(16-21-48)17-24-55-53(23-18-45-19-25-61(81)64(84)33-45)54-13-6-14-62(82)66(54)68(86)67(55)85/h3-6,9-10,13-16,18-23,25-26,33-34,39-40,42-43,51-52,56-60,63,69-70,75-76,79-86H,2,7-8,11-12,17,24,27-32,35-38,41H2,1H3,(H,77,78). The summed E-state index contributed by atoms with van der Waals surface area (Å²) in [6.07, 6.45) is 35.7. The van der Waals surface area contributed by atoms with Gasteiger partial charge in [-0.25, -0.2) is 4.98 Å². The van der Waals surface area contributed by atoms with Crippen molar-refractivity contribution in [3.05, 3.63) is 190 Å². The predicted octanol–water partition coefficient (Wildman–Crippen LogP) is 12.9. The number of phenolic OH excluding ortho intramolecular Hbond substituents is 5. The summed E-state index contributed by atoms with van der Waals surface area (Å²) in [4.78, 5) is 12.2. The molecule has 4 saturated carbocycles. The first-order chi connectivity index (χ1) is 41.9. The number of aryl methyl sites for hydroxylation is 2. The van der Waals surface area contributed by atoms with E-state index < -0.39 is 11.5 Å². The molecular formula is C74H84N6O6. The van der Waals surface area contributed by atoms with E-state index in [0.29, 0.717) is 52.7 Å². The number of imidazole rings is 1. The highest BCUT2D eigenvalue weighted by Crippen LogP contribution is 2.79. The molecule has 2 bridgehead atoms. The van der Waals surface area contributed by atoms with Gasteiger partial charge in [0.15, 0.2) is 23.0 Å². The number of fused-ring (bicyclic) bond motifs is 7. The summed E-state index contributed by atoms with van der Waals surface area (Å²) in [5.41, 5.74) is 10.6. The molecule has 5 heterocycles. The maximum absolute atomic E-state index is 13.2. The Labute approximate surface area is 505 Å². The molecule has 446 valence electrons. The quantitative estimate of drug-likeness (QED) is 0.0215. The molecule has 11 N–H and O–H groups in total. The van der Waals surface area contributed by atoms with Crippen LogP contribution in [0.1, 0.15) is 146 Å².